The van der Waals surface area contributed by atoms with E-state index in [1.807, 2.05) is 18.2 Å². The Labute approximate surface area is 121 Å². The van der Waals surface area contributed by atoms with Gasteiger partial charge in [0.25, 0.3) is 0 Å². The molecule has 0 bridgehead atoms. The molecule has 0 saturated heterocycles. The molecule has 0 spiro atoms. The highest BCUT2D eigenvalue weighted by atomic mass is 16.4. The second kappa shape index (κ2) is 6.75. The van der Waals surface area contributed by atoms with Crippen LogP contribution >= 0.6 is 0 Å². The highest BCUT2D eigenvalue weighted by Crippen LogP contribution is 2.33. The van der Waals surface area contributed by atoms with E-state index in [0.29, 0.717) is 6.04 Å². The molecule has 0 aliphatic heterocycles. The predicted molar refractivity (Wildman–Crippen MR) is 81.8 cm³/mol. The van der Waals surface area contributed by atoms with Crippen molar-refractivity contribution in [2.45, 2.75) is 45.7 Å². The zero-order chi connectivity index (χ0) is 14.5. The van der Waals surface area contributed by atoms with E-state index in [-0.39, 0.29) is 5.84 Å². The number of hydrogen-bond acceptors (Lipinski definition) is 3. The fraction of sp³-hybridized carbons (Fsp3) is 0.562. The summed E-state index contributed by atoms with van der Waals surface area (Å²) in [7, 11) is 0. The molecule has 1 saturated carbocycles. The van der Waals surface area contributed by atoms with Crippen LogP contribution in [0.3, 0.4) is 0 Å². The molecule has 3 unspecified atom stereocenters. The van der Waals surface area contributed by atoms with Gasteiger partial charge in [-0.3, -0.25) is 0 Å². The first kappa shape index (κ1) is 14.9. The first-order valence-corrected chi connectivity index (χ1v) is 7.46. The van der Waals surface area contributed by atoms with E-state index in [1.54, 1.807) is 0 Å². The lowest BCUT2D eigenvalue weighted by molar-refractivity contribution is 0.318. The van der Waals surface area contributed by atoms with Crippen molar-refractivity contribution in [2.24, 2.45) is 22.7 Å². The summed E-state index contributed by atoms with van der Waals surface area (Å²) >= 11 is 0. The minimum atomic E-state index is 0.159. The highest BCUT2D eigenvalue weighted by molar-refractivity contribution is 5.97. The second-order valence-electron chi connectivity index (χ2n) is 5.78. The molecule has 1 aliphatic rings. The summed E-state index contributed by atoms with van der Waals surface area (Å²) in [5.41, 5.74) is 7.55. The molecule has 110 valence electrons. The molecular weight excluding hydrogens is 250 g/mol. The summed E-state index contributed by atoms with van der Waals surface area (Å²) in [5, 5.41) is 15.4. The Morgan fingerprint density at radius 2 is 2.25 bits per heavy atom. The SMILES string of the molecule is CCC1CCC(NCc2cccc(C(N)=NO)c2)C1C. The van der Waals surface area contributed by atoms with Crippen LogP contribution in [0.5, 0.6) is 0 Å². The van der Waals surface area contributed by atoms with E-state index < -0.39 is 0 Å². The maximum atomic E-state index is 8.72. The third-order valence-corrected chi connectivity index (χ3v) is 4.65. The monoisotopic (exact) mass is 275 g/mol. The van der Waals surface area contributed by atoms with Crippen LogP contribution in [-0.2, 0) is 6.54 Å². The van der Waals surface area contributed by atoms with E-state index in [0.717, 1.165) is 23.9 Å². The van der Waals surface area contributed by atoms with Crippen LogP contribution in [0.15, 0.2) is 29.4 Å². The van der Waals surface area contributed by atoms with Gasteiger partial charge in [-0.05, 0) is 36.3 Å². The summed E-state index contributed by atoms with van der Waals surface area (Å²) in [6, 6.07) is 8.44. The lowest BCUT2D eigenvalue weighted by atomic mass is 9.93. The van der Waals surface area contributed by atoms with Gasteiger partial charge in [0, 0.05) is 18.2 Å². The predicted octanol–water partition coefficient (Wildman–Crippen LogP) is 2.70. The van der Waals surface area contributed by atoms with E-state index in [2.05, 4.69) is 30.4 Å². The molecule has 4 nitrogen and oxygen atoms in total. The van der Waals surface area contributed by atoms with Crippen LogP contribution in [0.2, 0.25) is 0 Å². The fourth-order valence-corrected chi connectivity index (χ4v) is 3.26. The Hall–Kier alpha value is -1.55. The number of oxime groups is 1. The minimum Gasteiger partial charge on any atom is -0.409 e. The number of amidine groups is 1. The van der Waals surface area contributed by atoms with Crippen LogP contribution < -0.4 is 11.1 Å². The smallest absolute Gasteiger partial charge is 0.170 e. The topological polar surface area (TPSA) is 70.6 Å². The van der Waals surface area contributed by atoms with Crippen molar-refractivity contribution in [3.05, 3.63) is 35.4 Å². The zero-order valence-electron chi connectivity index (χ0n) is 12.3. The molecule has 0 heterocycles. The van der Waals surface area contributed by atoms with Gasteiger partial charge in [0.2, 0.25) is 0 Å². The quantitative estimate of drug-likeness (QED) is 0.335. The summed E-state index contributed by atoms with van der Waals surface area (Å²) in [5.74, 6) is 1.76. The highest BCUT2D eigenvalue weighted by Gasteiger charge is 2.30. The summed E-state index contributed by atoms with van der Waals surface area (Å²) < 4.78 is 0. The Balaban J connectivity index is 1.95. The van der Waals surface area contributed by atoms with Crippen LogP contribution in [0.25, 0.3) is 0 Å². The Morgan fingerprint density at radius 1 is 1.45 bits per heavy atom. The molecule has 3 atom stereocenters. The standard InChI is InChI=1S/C16H25N3O/c1-3-13-7-8-15(11(13)2)18-10-12-5-4-6-14(9-12)16(17)19-20/h4-6,9,11,13,15,18,20H,3,7-8,10H2,1-2H3,(H2,17,19). The van der Waals surface area contributed by atoms with Gasteiger partial charge in [-0.25, -0.2) is 0 Å². The maximum absolute atomic E-state index is 8.72. The van der Waals surface area contributed by atoms with Gasteiger partial charge < -0.3 is 16.3 Å². The van der Waals surface area contributed by atoms with E-state index >= 15 is 0 Å². The van der Waals surface area contributed by atoms with Gasteiger partial charge in [0.1, 0.15) is 0 Å². The van der Waals surface area contributed by atoms with E-state index in [9.17, 15) is 0 Å². The zero-order valence-corrected chi connectivity index (χ0v) is 12.3. The third-order valence-electron chi connectivity index (χ3n) is 4.65. The number of hydrogen-bond donors (Lipinski definition) is 3. The first-order chi connectivity index (χ1) is 9.65. The average Bonchev–Trinajstić information content (AvgIpc) is 2.85. The van der Waals surface area contributed by atoms with Crippen molar-refractivity contribution >= 4 is 5.84 Å². The normalized spacial score (nSPS) is 26.9. The largest absolute Gasteiger partial charge is 0.409 e. The number of benzene rings is 1. The van der Waals surface area contributed by atoms with E-state index in [4.69, 9.17) is 10.9 Å². The van der Waals surface area contributed by atoms with Crippen LogP contribution in [0.4, 0.5) is 0 Å². The van der Waals surface area contributed by atoms with Gasteiger partial charge in [0.05, 0.1) is 0 Å². The molecular formula is C16H25N3O. The van der Waals surface area contributed by atoms with Crippen LogP contribution in [0.1, 0.15) is 44.2 Å². The summed E-state index contributed by atoms with van der Waals surface area (Å²) in [6.45, 7) is 5.47. The molecule has 0 radical (unpaired) electrons. The number of rotatable bonds is 5. The summed E-state index contributed by atoms with van der Waals surface area (Å²) in [6.07, 6.45) is 3.87. The lowest BCUT2D eigenvalue weighted by Gasteiger charge is -2.21. The fourth-order valence-electron chi connectivity index (χ4n) is 3.26. The minimum absolute atomic E-state index is 0.159. The first-order valence-electron chi connectivity index (χ1n) is 7.46. The van der Waals surface area contributed by atoms with Crippen molar-refractivity contribution in [1.29, 1.82) is 0 Å². The van der Waals surface area contributed by atoms with E-state index in [1.165, 1.54) is 24.8 Å². The molecule has 20 heavy (non-hydrogen) atoms. The Morgan fingerprint density at radius 3 is 2.90 bits per heavy atom. The average molecular weight is 275 g/mol. The van der Waals surface area contributed by atoms with Crippen molar-refractivity contribution in [3.8, 4) is 0 Å². The number of nitrogens with zero attached hydrogens (tertiary/aromatic N) is 1. The molecule has 1 aromatic carbocycles. The van der Waals surface area contributed by atoms with Gasteiger partial charge in [-0.15, -0.1) is 0 Å². The molecule has 4 N–H and O–H groups in total. The van der Waals surface area contributed by atoms with Crippen LogP contribution in [-0.4, -0.2) is 17.1 Å². The number of nitrogens with two attached hydrogens (primary N) is 1. The lowest BCUT2D eigenvalue weighted by Crippen LogP contribution is -2.32. The summed E-state index contributed by atoms with van der Waals surface area (Å²) in [4.78, 5) is 0. The van der Waals surface area contributed by atoms with Gasteiger partial charge in [-0.2, -0.15) is 0 Å². The van der Waals surface area contributed by atoms with Crippen molar-refractivity contribution < 1.29 is 5.21 Å². The third kappa shape index (κ3) is 3.31. The van der Waals surface area contributed by atoms with Gasteiger partial charge >= 0.3 is 0 Å². The van der Waals surface area contributed by atoms with Gasteiger partial charge in [0.15, 0.2) is 5.84 Å². The Kier molecular flexibility index (Phi) is 5.01. The van der Waals surface area contributed by atoms with Crippen LogP contribution in [0, 0.1) is 11.8 Å². The molecule has 0 amide bonds. The van der Waals surface area contributed by atoms with Gasteiger partial charge in [-0.1, -0.05) is 43.6 Å². The molecule has 1 aromatic rings. The second-order valence-corrected chi connectivity index (χ2v) is 5.78. The molecule has 1 aliphatic carbocycles. The number of nitrogens with one attached hydrogen (secondary N) is 1. The Bertz CT molecular complexity index is 473. The van der Waals surface area contributed by atoms with Crippen molar-refractivity contribution in [2.75, 3.05) is 0 Å². The maximum Gasteiger partial charge on any atom is 0.170 e. The van der Waals surface area contributed by atoms with Crippen molar-refractivity contribution in [1.82, 2.24) is 5.32 Å². The molecule has 1 fully saturated rings. The van der Waals surface area contributed by atoms with Crippen molar-refractivity contribution in [3.63, 3.8) is 0 Å². The molecule has 2 rings (SSSR count). The molecule has 4 heteroatoms. The molecule has 0 aromatic heterocycles.